The molecule has 0 radical (unpaired) electrons. The van der Waals surface area contributed by atoms with Crippen LogP contribution in [0.5, 0.6) is 0 Å². The highest BCUT2D eigenvalue weighted by Crippen LogP contribution is 2.72. The molecule has 3 aliphatic rings. The lowest BCUT2D eigenvalue weighted by Crippen LogP contribution is -2.57. The van der Waals surface area contributed by atoms with Gasteiger partial charge >= 0.3 is 0 Å². The van der Waals surface area contributed by atoms with Gasteiger partial charge in [0.2, 0.25) is 0 Å². The topological polar surface area (TPSA) is 80.7 Å². The molecule has 0 amide bonds. The van der Waals surface area contributed by atoms with Crippen LogP contribution in [0, 0.1) is 19.8 Å². The maximum absolute atomic E-state index is 15.7. The molecule has 48 heavy (non-hydrogen) atoms. The first-order chi connectivity index (χ1) is 23.2. The van der Waals surface area contributed by atoms with Crippen LogP contribution in [-0.2, 0) is 21.2 Å². The van der Waals surface area contributed by atoms with Crippen molar-refractivity contribution < 1.29 is 24.2 Å². The van der Waals surface area contributed by atoms with Gasteiger partial charge in [0.05, 0.1) is 11.3 Å². The summed E-state index contributed by atoms with van der Waals surface area (Å²) in [5, 5.41) is 17.1. The van der Waals surface area contributed by atoms with Crippen LogP contribution in [0.1, 0.15) is 58.9 Å². The number of fused-ring (bicyclic) bond motifs is 2. The molecule has 5 atom stereocenters. The van der Waals surface area contributed by atoms with Crippen molar-refractivity contribution in [1.82, 2.24) is 0 Å². The SMILES string of the molecule is COC1C2(C(=O)c3cccc4cccc2c34)C(C(=O)c2ccc(C)cc2)C2(C(=O)c3cccc4cccc2c34)C1(O)c1ccc(C)cc1. The minimum absolute atomic E-state index is 0.329. The van der Waals surface area contributed by atoms with Crippen molar-refractivity contribution >= 4 is 38.9 Å². The predicted octanol–water partition coefficient (Wildman–Crippen LogP) is 7.59. The zero-order valence-electron chi connectivity index (χ0n) is 26.8. The van der Waals surface area contributed by atoms with E-state index in [-0.39, 0.29) is 5.78 Å². The number of aryl methyl sites for hydroxylation is 2. The highest BCUT2D eigenvalue weighted by atomic mass is 16.5. The van der Waals surface area contributed by atoms with Crippen LogP contribution in [0.3, 0.4) is 0 Å². The van der Waals surface area contributed by atoms with Gasteiger partial charge in [-0.15, -0.1) is 0 Å². The average molecular weight is 629 g/mol. The number of Topliss-reactive ketones (excluding diaryl/α,β-unsaturated/α-hetero) is 3. The highest BCUT2D eigenvalue weighted by Gasteiger charge is 2.85. The average Bonchev–Trinajstić information content (AvgIpc) is 3.60. The third kappa shape index (κ3) is 3.12. The van der Waals surface area contributed by atoms with E-state index in [1.54, 1.807) is 36.4 Å². The van der Waals surface area contributed by atoms with Gasteiger partial charge in [-0.05, 0) is 52.1 Å². The van der Waals surface area contributed by atoms with Gasteiger partial charge in [0.15, 0.2) is 17.3 Å². The van der Waals surface area contributed by atoms with Crippen molar-refractivity contribution in [1.29, 1.82) is 0 Å². The fourth-order valence-electron chi connectivity index (χ4n) is 9.71. The Kier molecular flexibility index (Phi) is 5.83. The quantitative estimate of drug-likeness (QED) is 0.204. The number of rotatable bonds is 4. The number of methoxy groups -OCH3 is 1. The van der Waals surface area contributed by atoms with Crippen LogP contribution in [0.4, 0.5) is 0 Å². The van der Waals surface area contributed by atoms with Crippen LogP contribution in [0.2, 0.25) is 0 Å². The summed E-state index contributed by atoms with van der Waals surface area (Å²) in [6.45, 7) is 3.89. The van der Waals surface area contributed by atoms with Crippen LogP contribution >= 0.6 is 0 Å². The van der Waals surface area contributed by atoms with E-state index >= 15 is 14.4 Å². The van der Waals surface area contributed by atoms with E-state index in [1.807, 2.05) is 98.8 Å². The van der Waals surface area contributed by atoms with Crippen molar-refractivity contribution in [3.8, 4) is 0 Å². The van der Waals surface area contributed by atoms with E-state index in [9.17, 15) is 5.11 Å². The second kappa shape index (κ2) is 9.66. The Morgan fingerprint density at radius 1 is 0.646 bits per heavy atom. The first-order valence-electron chi connectivity index (χ1n) is 16.3. The van der Waals surface area contributed by atoms with Gasteiger partial charge in [0, 0.05) is 23.8 Å². The first-order valence-corrected chi connectivity index (χ1v) is 16.3. The number of hydrogen-bond acceptors (Lipinski definition) is 5. The second-order valence-corrected chi connectivity index (χ2v) is 13.7. The first kappa shape index (κ1) is 29.0. The standard InChI is InChI=1S/C43H32O5/c1-24-16-20-28(21-17-24)36(44)37-41(32-14-6-10-26-8-4-12-30(34(26)32)38(41)45)40(48-3)43(47,29-22-18-25(2)19-23-29)42(37)33-15-7-11-27-9-5-13-31(35(27)33)39(42)46/h4-23,37,40,47H,1-3H3. The second-order valence-electron chi connectivity index (χ2n) is 13.7. The van der Waals surface area contributed by atoms with Gasteiger partial charge in [0.25, 0.3) is 0 Å². The largest absolute Gasteiger partial charge is 0.381 e. The monoisotopic (exact) mass is 628 g/mol. The third-order valence-corrected chi connectivity index (χ3v) is 11.5. The lowest BCUT2D eigenvalue weighted by atomic mass is 9.57. The van der Waals surface area contributed by atoms with Gasteiger partial charge in [-0.3, -0.25) is 14.4 Å². The van der Waals surface area contributed by atoms with Gasteiger partial charge in [-0.2, -0.15) is 0 Å². The summed E-state index contributed by atoms with van der Waals surface area (Å²) < 4.78 is 6.47. The molecule has 3 aliphatic carbocycles. The van der Waals surface area contributed by atoms with Crippen molar-refractivity contribution in [2.45, 2.75) is 36.4 Å². The van der Waals surface area contributed by atoms with Crippen LogP contribution < -0.4 is 0 Å². The van der Waals surface area contributed by atoms with Crippen LogP contribution in [0.25, 0.3) is 21.5 Å². The molecule has 6 aromatic carbocycles. The Hall–Kier alpha value is -5.23. The van der Waals surface area contributed by atoms with E-state index < -0.39 is 40.0 Å². The summed E-state index contributed by atoms with van der Waals surface area (Å²) in [7, 11) is 1.47. The van der Waals surface area contributed by atoms with Gasteiger partial charge in [-0.1, -0.05) is 132 Å². The molecule has 1 saturated carbocycles. The van der Waals surface area contributed by atoms with E-state index in [0.717, 1.165) is 27.3 Å². The van der Waals surface area contributed by atoms with Gasteiger partial charge in [-0.25, -0.2) is 0 Å². The number of benzene rings is 6. The van der Waals surface area contributed by atoms with Crippen LogP contribution in [-0.4, -0.2) is 35.7 Å². The van der Waals surface area contributed by atoms with Crippen LogP contribution in [0.15, 0.2) is 121 Å². The third-order valence-electron chi connectivity index (χ3n) is 11.5. The molecule has 0 aliphatic heterocycles. The molecule has 5 heteroatoms. The zero-order chi connectivity index (χ0) is 33.2. The molecule has 2 spiro atoms. The maximum atomic E-state index is 15.7. The Morgan fingerprint density at radius 3 is 1.73 bits per heavy atom. The summed E-state index contributed by atoms with van der Waals surface area (Å²) >= 11 is 0. The van der Waals surface area contributed by atoms with Crippen molar-refractivity contribution in [3.05, 3.63) is 166 Å². The zero-order valence-corrected chi connectivity index (χ0v) is 26.8. The number of carbonyl (C=O) groups is 3. The fourth-order valence-corrected chi connectivity index (χ4v) is 9.71. The molecule has 0 aromatic heterocycles. The van der Waals surface area contributed by atoms with E-state index in [1.165, 1.54) is 7.11 Å². The summed E-state index contributed by atoms with van der Waals surface area (Å²) in [5.41, 5.74) is -1.16. The highest BCUT2D eigenvalue weighted by molar-refractivity contribution is 6.29. The molecular formula is C43H32O5. The molecule has 0 heterocycles. The lowest BCUT2D eigenvalue weighted by Gasteiger charge is -2.44. The summed E-state index contributed by atoms with van der Waals surface area (Å²) in [6.07, 6.45) is -1.33. The van der Waals surface area contributed by atoms with Gasteiger partial charge < -0.3 is 9.84 Å². The number of hydrogen-bond donors (Lipinski definition) is 1. The minimum atomic E-state index is -2.16. The molecule has 234 valence electrons. The Morgan fingerprint density at radius 2 is 1.15 bits per heavy atom. The molecule has 0 saturated heterocycles. The Labute approximate surface area is 277 Å². The Balaban J connectivity index is 1.51. The minimum Gasteiger partial charge on any atom is -0.381 e. The molecular weight excluding hydrogens is 596 g/mol. The van der Waals surface area contributed by atoms with Gasteiger partial charge in [0.1, 0.15) is 17.1 Å². The maximum Gasteiger partial charge on any atom is 0.178 e. The number of aliphatic hydroxyl groups is 1. The number of ketones is 3. The number of carbonyl (C=O) groups excluding carboxylic acids is 3. The summed E-state index contributed by atoms with van der Waals surface area (Å²) in [6, 6.07) is 37.1. The van der Waals surface area contributed by atoms with E-state index in [0.29, 0.717) is 38.8 Å². The molecule has 9 rings (SSSR count). The smallest absolute Gasteiger partial charge is 0.178 e. The lowest BCUT2D eigenvalue weighted by molar-refractivity contribution is -0.115. The molecule has 5 nitrogen and oxygen atoms in total. The predicted molar refractivity (Wildman–Crippen MR) is 185 cm³/mol. The molecule has 1 fully saturated rings. The molecule has 0 bridgehead atoms. The van der Waals surface area contributed by atoms with E-state index in [2.05, 4.69) is 0 Å². The van der Waals surface area contributed by atoms with E-state index in [4.69, 9.17) is 4.74 Å². The normalized spacial score (nSPS) is 26.8. The van der Waals surface area contributed by atoms with Crippen molar-refractivity contribution in [2.75, 3.05) is 7.11 Å². The molecule has 6 aromatic rings. The summed E-state index contributed by atoms with van der Waals surface area (Å²) in [4.78, 5) is 46.9. The number of ether oxygens (including phenoxy) is 1. The van der Waals surface area contributed by atoms with Crippen molar-refractivity contribution in [2.24, 2.45) is 5.92 Å². The summed E-state index contributed by atoms with van der Waals surface area (Å²) in [5.74, 6) is -2.49. The fraction of sp³-hybridized carbons (Fsp3) is 0.186. The molecule has 1 N–H and O–H groups in total. The van der Waals surface area contributed by atoms with Crippen molar-refractivity contribution in [3.63, 3.8) is 0 Å². The Bertz CT molecular complexity index is 2380. The molecule has 5 unspecified atom stereocenters.